The highest BCUT2D eigenvalue weighted by Crippen LogP contribution is 2.38. The Kier molecular flexibility index (Phi) is 3.51. The molecule has 2 aromatic carbocycles. The van der Waals surface area contributed by atoms with Crippen molar-refractivity contribution in [2.75, 3.05) is 0 Å². The number of hydrogen-bond acceptors (Lipinski definition) is 2. The fraction of sp³-hybridized carbons (Fsp3) is 0.333. The second kappa shape index (κ2) is 4.86. The molecule has 2 rings (SSSR count). The van der Waals surface area contributed by atoms with Crippen molar-refractivity contribution in [2.24, 2.45) is 0 Å². The molecule has 0 heterocycles. The second-order valence-electron chi connectivity index (χ2n) is 5.68. The summed E-state index contributed by atoms with van der Waals surface area (Å²) in [7, 11) is 0. The zero-order valence-electron chi connectivity index (χ0n) is 13.0. The molecule has 0 fully saturated rings. The van der Waals surface area contributed by atoms with Gasteiger partial charge in [-0.05, 0) is 98.2 Å². The van der Waals surface area contributed by atoms with Gasteiger partial charge in [0.15, 0.2) is 0 Å². The minimum Gasteiger partial charge on any atom is -0.507 e. The van der Waals surface area contributed by atoms with Crippen molar-refractivity contribution in [3.63, 3.8) is 0 Å². The normalized spacial score (nSPS) is 10.9. The maximum atomic E-state index is 10.0. The highest BCUT2D eigenvalue weighted by Gasteiger charge is 2.15. The van der Waals surface area contributed by atoms with Crippen LogP contribution in [0.2, 0.25) is 0 Å². The first-order chi connectivity index (χ1) is 9.25. The maximum Gasteiger partial charge on any atom is 0.121 e. The van der Waals surface area contributed by atoms with Gasteiger partial charge in [0.1, 0.15) is 11.5 Å². The average molecular weight is 270 g/mol. The Bertz CT molecular complexity index is 636. The van der Waals surface area contributed by atoms with Crippen molar-refractivity contribution in [1.29, 1.82) is 0 Å². The van der Waals surface area contributed by atoms with Gasteiger partial charge < -0.3 is 10.2 Å². The molecule has 2 aromatic rings. The third kappa shape index (κ3) is 2.05. The molecular formula is C18H22O2. The molecule has 2 N–H and O–H groups in total. The molecular weight excluding hydrogens is 248 g/mol. The Hall–Kier alpha value is -1.96. The first-order valence-corrected chi connectivity index (χ1v) is 6.85. The number of phenols is 2. The van der Waals surface area contributed by atoms with Gasteiger partial charge in [-0.25, -0.2) is 0 Å². The van der Waals surface area contributed by atoms with E-state index in [1.54, 1.807) is 0 Å². The smallest absolute Gasteiger partial charge is 0.121 e. The van der Waals surface area contributed by atoms with E-state index in [0.29, 0.717) is 11.5 Å². The van der Waals surface area contributed by atoms with Crippen LogP contribution in [0.1, 0.15) is 33.4 Å². The molecule has 0 radical (unpaired) electrons. The van der Waals surface area contributed by atoms with E-state index in [1.165, 1.54) is 0 Å². The Morgan fingerprint density at radius 1 is 0.550 bits per heavy atom. The van der Waals surface area contributed by atoms with Gasteiger partial charge in [0, 0.05) is 0 Å². The fourth-order valence-corrected chi connectivity index (χ4v) is 2.70. The lowest BCUT2D eigenvalue weighted by Gasteiger charge is -2.18. The zero-order chi connectivity index (χ0) is 15.2. The summed E-state index contributed by atoms with van der Waals surface area (Å²) in [6.07, 6.45) is 0. The SMILES string of the molecule is Cc1cc(-c2cc(C)c(O)c(C)c2C)c(C)c(C)c1O. The van der Waals surface area contributed by atoms with E-state index >= 15 is 0 Å². The Balaban J connectivity index is 2.83. The van der Waals surface area contributed by atoms with Crippen LogP contribution in [0.25, 0.3) is 11.1 Å². The standard InChI is InChI=1S/C18H22O2/c1-9-7-15(11(3)13(5)17(9)19)16-8-10(2)18(20)14(6)12(16)4/h7-8,19-20H,1-6H3. The van der Waals surface area contributed by atoms with Gasteiger partial charge in [-0.2, -0.15) is 0 Å². The molecule has 2 heteroatoms. The third-order valence-electron chi connectivity index (χ3n) is 4.40. The number of phenolic OH excluding ortho intramolecular Hbond substituents is 2. The van der Waals surface area contributed by atoms with Crippen molar-refractivity contribution < 1.29 is 10.2 Å². The van der Waals surface area contributed by atoms with Crippen LogP contribution in [0.15, 0.2) is 12.1 Å². The van der Waals surface area contributed by atoms with Gasteiger partial charge in [-0.15, -0.1) is 0 Å². The summed E-state index contributed by atoms with van der Waals surface area (Å²) in [6.45, 7) is 11.8. The third-order valence-corrected chi connectivity index (χ3v) is 4.40. The van der Waals surface area contributed by atoms with Gasteiger partial charge in [0.05, 0.1) is 0 Å². The number of aryl methyl sites for hydroxylation is 2. The second-order valence-corrected chi connectivity index (χ2v) is 5.68. The summed E-state index contributed by atoms with van der Waals surface area (Å²) in [5, 5.41) is 20.1. The van der Waals surface area contributed by atoms with Crippen LogP contribution < -0.4 is 0 Å². The largest absolute Gasteiger partial charge is 0.507 e. The maximum absolute atomic E-state index is 10.0. The number of aromatic hydroxyl groups is 2. The molecule has 0 unspecified atom stereocenters. The molecule has 106 valence electrons. The monoisotopic (exact) mass is 270 g/mol. The molecule has 2 nitrogen and oxygen atoms in total. The molecule has 20 heavy (non-hydrogen) atoms. The molecule has 0 bridgehead atoms. The van der Waals surface area contributed by atoms with Crippen molar-refractivity contribution in [2.45, 2.75) is 41.5 Å². The van der Waals surface area contributed by atoms with E-state index in [9.17, 15) is 10.2 Å². The van der Waals surface area contributed by atoms with Crippen LogP contribution in [0.5, 0.6) is 11.5 Å². The predicted molar refractivity (Wildman–Crippen MR) is 83.6 cm³/mol. The number of hydrogen-bond donors (Lipinski definition) is 2. The van der Waals surface area contributed by atoms with Gasteiger partial charge in [0.25, 0.3) is 0 Å². The van der Waals surface area contributed by atoms with Crippen LogP contribution in [0.3, 0.4) is 0 Å². The van der Waals surface area contributed by atoms with E-state index in [-0.39, 0.29) is 0 Å². The van der Waals surface area contributed by atoms with Crippen LogP contribution >= 0.6 is 0 Å². The number of benzene rings is 2. The molecule has 0 amide bonds. The quantitative estimate of drug-likeness (QED) is 0.794. The van der Waals surface area contributed by atoms with Crippen LogP contribution in [-0.4, -0.2) is 10.2 Å². The lowest BCUT2D eigenvalue weighted by Crippen LogP contribution is -1.96. The van der Waals surface area contributed by atoms with Crippen LogP contribution in [0.4, 0.5) is 0 Å². The topological polar surface area (TPSA) is 40.5 Å². The summed E-state index contributed by atoms with van der Waals surface area (Å²) in [4.78, 5) is 0. The summed E-state index contributed by atoms with van der Waals surface area (Å²) < 4.78 is 0. The van der Waals surface area contributed by atoms with Crippen molar-refractivity contribution >= 4 is 0 Å². The van der Waals surface area contributed by atoms with Gasteiger partial charge in [-0.1, -0.05) is 0 Å². The molecule has 0 spiro atoms. The van der Waals surface area contributed by atoms with Gasteiger partial charge in [-0.3, -0.25) is 0 Å². The lowest BCUT2D eigenvalue weighted by atomic mass is 9.88. The fourth-order valence-electron chi connectivity index (χ4n) is 2.70. The average Bonchev–Trinajstić information content (AvgIpc) is 2.42. The van der Waals surface area contributed by atoms with Crippen LogP contribution in [-0.2, 0) is 0 Å². The predicted octanol–water partition coefficient (Wildman–Crippen LogP) is 4.62. The molecule has 0 aliphatic heterocycles. The number of rotatable bonds is 1. The molecule has 0 saturated heterocycles. The zero-order valence-corrected chi connectivity index (χ0v) is 13.0. The summed E-state index contributed by atoms with van der Waals surface area (Å²) in [6, 6.07) is 4.05. The van der Waals surface area contributed by atoms with Crippen LogP contribution in [0, 0.1) is 41.5 Å². The Morgan fingerprint density at radius 2 is 0.850 bits per heavy atom. The first kappa shape index (κ1) is 14.4. The molecule has 0 aliphatic rings. The highest BCUT2D eigenvalue weighted by molar-refractivity contribution is 5.76. The van der Waals surface area contributed by atoms with E-state index in [2.05, 4.69) is 0 Å². The minimum atomic E-state index is 0.371. The van der Waals surface area contributed by atoms with E-state index in [1.807, 2.05) is 53.7 Å². The Labute approximate surface area is 120 Å². The van der Waals surface area contributed by atoms with Crippen molar-refractivity contribution in [1.82, 2.24) is 0 Å². The van der Waals surface area contributed by atoms with E-state index in [0.717, 1.165) is 44.5 Å². The summed E-state index contributed by atoms with van der Waals surface area (Å²) >= 11 is 0. The first-order valence-electron chi connectivity index (χ1n) is 6.85. The van der Waals surface area contributed by atoms with E-state index in [4.69, 9.17) is 0 Å². The summed E-state index contributed by atoms with van der Waals surface area (Å²) in [5.74, 6) is 0.743. The van der Waals surface area contributed by atoms with Gasteiger partial charge >= 0.3 is 0 Å². The van der Waals surface area contributed by atoms with Gasteiger partial charge in [0.2, 0.25) is 0 Å². The molecule has 0 saturated carbocycles. The summed E-state index contributed by atoms with van der Waals surface area (Å²) in [5.41, 5.74) is 8.02. The van der Waals surface area contributed by atoms with Crippen molar-refractivity contribution in [3.05, 3.63) is 45.5 Å². The lowest BCUT2D eigenvalue weighted by molar-refractivity contribution is 0.465. The highest BCUT2D eigenvalue weighted by atomic mass is 16.3. The van der Waals surface area contributed by atoms with E-state index < -0.39 is 0 Å². The molecule has 0 aromatic heterocycles. The minimum absolute atomic E-state index is 0.371. The molecule has 0 atom stereocenters. The molecule has 0 aliphatic carbocycles. The Morgan fingerprint density at radius 3 is 1.15 bits per heavy atom. The van der Waals surface area contributed by atoms with Crippen molar-refractivity contribution in [3.8, 4) is 22.6 Å².